The molecule has 1 aliphatic heterocycles. The summed E-state index contributed by atoms with van der Waals surface area (Å²) >= 11 is 0. The van der Waals surface area contributed by atoms with Crippen molar-refractivity contribution >= 4 is 17.6 Å². The summed E-state index contributed by atoms with van der Waals surface area (Å²) in [7, 11) is 0. The van der Waals surface area contributed by atoms with Crippen LogP contribution in [0.5, 0.6) is 0 Å². The van der Waals surface area contributed by atoms with Gasteiger partial charge in [0.15, 0.2) is 5.96 Å². The molecule has 0 unspecified atom stereocenters. The van der Waals surface area contributed by atoms with Gasteiger partial charge in [0.2, 0.25) is 11.8 Å². The maximum Gasteiger partial charge on any atom is 0.224 e. The highest BCUT2D eigenvalue weighted by molar-refractivity contribution is 5.81. The molecule has 1 amide bonds. The SMILES string of the molecule is CCNC(=NCc1ncc(C(C)(C)C)o1)NCCC(=O)N1CCN(c2ccccc2)CC1. The molecule has 1 saturated heterocycles. The zero-order chi connectivity index (χ0) is 23.0. The number of para-hydroxylation sites is 1. The second-order valence-corrected chi connectivity index (χ2v) is 8.94. The number of carbonyl (C=O) groups is 1. The van der Waals surface area contributed by atoms with E-state index in [1.54, 1.807) is 6.20 Å². The Morgan fingerprint density at radius 2 is 1.84 bits per heavy atom. The maximum atomic E-state index is 12.6. The van der Waals surface area contributed by atoms with Crippen molar-refractivity contribution in [1.82, 2.24) is 20.5 Å². The van der Waals surface area contributed by atoms with Crippen LogP contribution in [0.1, 0.15) is 45.8 Å². The second kappa shape index (κ2) is 11.0. The van der Waals surface area contributed by atoms with E-state index in [1.165, 1.54) is 5.69 Å². The number of carbonyl (C=O) groups excluding carboxylic acids is 1. The van der Waals surface area contributed by atoms with Crippen molar-refractivity contribution in [2.75, 3.05) is 44.2 Å². The van der Waals surface area contributed by atoms with Gasteiger partial charge in [0.05, 0.1) is 6.20 Å². The van der Waals surface area contributed by atoms with Crippen LogP contribution in [0.15, 0.2) is 45.9 Å². The normalized spacial score (nSPS) is 15.1. The fourth-order valence-corrected chi connectivity index (χ4v) is 3.52. The molecular weight excluding hydrogens is 404 g/mol. The molecule has 1 aromatic heterocycles. The number of benzene rings is 1. The number of amides is 1. The first kappa shape index (κ1) is 23.6. The van der Waals surface area contributed by atoms with Crippen molar-refractivity contribution in [2.45, 2.75) is 46.1 Å². The predicted octanol–water partition coefficient (Wildman–Crippen LogP) is 2.77. The van der Waals surface area contributed by atoms with Crippen molar-refractivity contribution < 1.29 is 9.21 Å². The molecule has 2 N–H and O–H groups in total. The quantitative estimate of drug-likeness (QED) is 0.509. The molecule has 3 rings (SSSR count). The van der Waals surface area contributed by atoms with E-state index in [-0.39, 0.29) is 11.3 Å². The molecule has 1 aliphatic rings. The van der Waals surface area contributed by atoms with Gasteiger partial charge >= 0.3 is 0 Å². The van der Waals surface area contributed by atoms with Crippen molar-refractivity contribution in [1.29, 1.82) is 0 Å². The van der Waals surface area contributed by atoms with Crippen LogP contribution in [0.25, 0.3) is 0 Å². The van der Waals surface area contributed by atoms with Crippen LogP contribution < -0.4 is 15.5 Å². The van der Waals surface area contributed by atoms with E-state index in [2.05, 4.69) is 58.4 Å². The van der Waals surface area contributed by atoms with Crippen LogP contribution >= 0.6 is 0 Å². The lowest BCUT2D eigenvalue weighted by molar-refractivity contribution is -0.131. The third-order valence-electron chi connectivity index (χ3n) is 5.39. The molecule has 0 spiro atoms. The second-order valence-electron chi connectivity index (χ2n) is 8.94. The summed E-state index contributed by atoms with van der Waals surface area (Å²) in [6, 6.07) is 10.4. The van der Waals surface area contributed by atoms with Gasteiger partial charge in [0, 0.05) is 56.8 Å². The number of anilines is 1. The molecule has 0 atom stereocenters. The molecule has 32 heavy (non-hydrogen) atoms. The average molecular weight is 441 g/mol. The first-order valence-electron chi connectivity index (χ1n) is 11.4. The molecule has 2 heterocycles. The highest BCUT2D eigenvalue weighted by Gasteiger charge is 2.21. The van der Waals surface area contributed by atoms with Gasteiger partial charge in [0.1, 0.15) is 12.3 Å². The number of nitrogens with zero attached hydrogens (tertiary/aromatic N) is 4. The third-order valence-corrected chi connectivity index (χ3v) is 5.39. The number of aromatic nitrogens is 1. The molecule has 2 aromatic rings. The standard InChI is InChI=1S/C24H36N6O2/c1-5-25-23(28-18-21-27-17-20(32-21)24(2,3)4)26-12-11-22(31)30-15-13-29(14-16-30)19-9-7-6-8-10-19/h6-10,17H,5,11-16,18H2,1-4H3,(H2,25,26,28). The molecule has 0 saturated carbocycles. The van der Waals surface area contributed by atoms with E-state index in [0.717, 1.165) is 38.5 Å². The van der Waals surface area contributed by atoms with Gasteiger partial charge in [-0.1, -0.05) is 39.0 Å². The Morgan fingerprint density at radius 3 is 2.47 bits per heavy atom. The molecule has 8 heteroatoms. The summed E-state index contributed by atoms with van der Waals surface area (Å²) < 4.78 is 5.80. The minimum Gasteiger partial charge on any atom is -0.443 e. The lowest BCUT2D eigenvalue weighted by Crippen LogP contribution is -2.49. The molecule has 1 fully saturated rings. The summed E-state index contributed by atoms with van der Waals surface area (Å²) in [6.45, 7) is 13.1. The minimum absolute atomic E-state index is 0.0787. The molecule has 0 aliphatic carbocycles. The van der Waals surface area contributed by atoms with Gasteiger partial charge in [-0.3, -0.25) is 4.79 Å². The first-order valence-corrected chi connectivity index (χ1v) is 11.4. The van der Waals surface area contributed by atoms with Crippen LogP contribution in [0, 0.1) is 0 Å². The number of hydrogen-bond donors (Lipinski definition) is 2. The Bertz CT molecular complexity index is 879. The number of aliphatic imine (C=N–C) groups is 1. The highest BCUT2D eigenvalue weighted by atomic mass is 16.4. The summed E-state index contributed by atoms with van der Waals surface area (Å²) in [5, 5.41) is 6.45. The lowest BCUT2D eigenvalue weighted by atomic mass is 9.94. The lowest BCUT2D eigenvalue weighted by Gasteiger charge is -2.36. The zero-order valence-corrected chi connectivity index (χ0v) is 19.7. The molecular formula is C24H36N6O2. The van der Waals surface area contributed by atoms with Crippen LogP contribution in [0.2, 0.25) is 0 Å². The Kier molecular flexibility index (Phi) is 8.14. The van der Waals surface area contributed by atoms with E-state index in [9.17, 15) is 4.79 Å². The number of hydrogen-bond acceptors (Lipinski definition) is 5. The molecule has 8 nitrogen and oxygen atoms in total. The topological polar surface area (TPSA) is 86.0 Å². The summed E-state index contributed by atoms with van der Waals surface area (Å²) in [5.41, 5.74) is 1.14. The van der Waals surface area contributed by atoms with Gasteiger partial charge < -0.3 is 24.9 Å². The summed E-state index contributed by atoms with van der Waals surface area (Å²) in [6.07, 6.45) is 2.20. The smallest absolute Gasteiger partial charge is 0.224 e. The maximum absolute atomic E-state index is 12.6. The van der Waals surface area contributed by atoms with Crippen molar-refractivity contribution in [3.05, 3.63) is 48.2 Å². The Morgan fingerprint density at radius 1 is 1.12 bits per heavy atom. The van der Waals surface area contributed by atoms with E-state index in [1.807, 2.05) is 30.0 Å². The zero-order valence-electron chi connectivity index (χ0n) is 19.7. The predicted molar refractivity (Wildman–Crippen MR) is 128 cm³/mol. The number of oxazole rings is 1. The fourth-order valence-electron chi connectivity index (χ4n) is 3.52. The van der Waals surface area contributed by atoms with E-state index < -0.39 is 0 Å². The highest BCUT2D eigenvalue weighted by Crippen LogP contribution is 2.22. The molecule has 0 bridgehead atoms. The number of rotatable bonds is 7. The first-order chi connectivity index (χ1) is 15.4. The van der Waals surface area contributed by atoms with Gasteiger partial charge in [-0.2, -0.15) is 0 Å². The average Bonchev–Trinajstić information content (AvgIpc) is 3.28. The minimum atomic E-state index is -0.0787. The largest absolute Gasteiger partial charge is 0.443 e. The number of guanidine groups is 1. The van der Waals surface area contributed by atoms with Crippen molar-refractivity contribution in [3.8, 4) is 0 Å². The van der Waals surface area contributed by atoms with Crippen molar-refractivity contribution in [3.63, 3.8) is 0 Å². The van der Waals surface area contributed by atoms with E-state index >= 15 is 0 Å². The van der Waals surface area contributed by atoms with Gasteiger partial charge in [-0.05, 0) is 19.1 Å². The number of piperazine rings is 1. The molecule has 174 valence electrons. The third kappa shape index (κ3) is 6.73. The Hall–Kier alpha value is -3.03. The van der Waals surface area contributed by atoms with Gasteiger partial charge in [0.25, 0.3) is 0 Å². The monoisotopic (exact) mass is 440 g/mol. The Labute approximate surface area is 191 Å². The van der Waals surface area contributed by atoms with Gasteiger partial charge in [-0.15, -0.1) is 0 Å². The van der Waals surface area contributed by atoms with E-state index in [4.69, 9.17) is 4.42 Å². The number of nitrogens with one attached hydrogen (secondary N) is 2. The van der Waals surface area contributed by atoms with Gasteiger partial charge in [-0.25, -0.2) is 9.98 Å². The fraction of sp³-hybridized carbons (Fsp3) is 0.542. The Balaban J connectivity index is 1.43. The van der Waals surface area contributed by atoms with Crippen LogP contribution in [0.3, 0.4) is 0 Å². The van der Waals surface area contributed by atoms with Crippen LogP contribution in [-0.2, 0) is 16.8 Å². The van der Waals surface area contributed by atoms with Crippen LogP contribution in [0.4, 0.5) is 5.69 Å². The van der Waals surface area contributed by atoms with E-state index in [0.29, 0.717) is 31.4 Å². The molecule has 0 radical (unpaired) electrons. The molecule has 1 aromatic carbocycles. The van der Waals surface area contributed by atoms with Crippen LogP contribution in [-0.4, -0.2) is 61.0 Å². The van der Waals surface area contributed by atoms with Crippen molar-refractivity contribution in [2.24, 2.45) is 4.99 Å². The summed E-state index contributed by atoms with van der Waals surface area (Å²) in [4.78, 5) is 25.8. The summed E-state index contributed by atoms with van der Waals surface area (Å²) in [5.74, 6) is 2.26.